The first-order chi connectivity index (χ1) is 9.10. The SMILES string of the molecule is NCc1ccc(COc2ccc(F)c(Cl)c2)c(Cl)c1. The van der Waals surface area contributed by atoms with Crippen molar-refractivity contribution in [2.75, 3.05) is 0 Å². The smallest absolute Gasteiger partial charge is 0.142 e. The quantitative estimate of drug-likeness (QED) is 0.919. The van der Waals surface area contributed by atoms with Gasteiger partial charge in [0, 0.05) is 23.2 Å². The Balaban J connectivity index is 2.07. The predicted octanol–water partition coefficient (Wildman–Crippen LogP) is 4.17. The van der Waals surface area contributed by atoms with Crippen molar-refractivity contribution in [3.8, 4) is 5.75 Å². The normalized spacial score (nSPS) is 10.5. The van der Waals surface area contributed by atoms with Crippen molar-refractivity contribution in [1.82, 2.24) is 0 Å². The van der Waals surface area contributed by atoms with E-state index in [4.69, 9.17) is 33.7 Å². The number of hydrogen-bond donors (Lipinski definition) is 1. The Morgan fingerprint density at radius 3 is 2.47 bits per heavy atom. The molecule has 0 radical (unpaired) electrons. The maximum atomic E-state index is 13.0. The summed E-state index contributed by atoms with van der Waals surface area (Å²) in [7, 11) is 0. The standard InChI is InChI=1S/C14H12Cl2FNO/c15-12-5-9(7-18)1-2-10(12)8-19-11-3-4-14(17)13(16)6-11/h1-6H,7-8,18H2. The van der Waals surface area contributed by atoms with Crippen LogP contribution in [0.15, 0.2) is 36.4 Å². The summed E-state index contributed by atoms with van der Waals surface area (Å²) in [6.07, 6.45) is 0. The van der Waals surface area contributed by atoms with Gasteiger partial charge in [-0.05, 0) is 23.8 Å². The zero-order valence-electron chi connectivity index (χ0n) is 10.00. The molecule has 2 rings (SSSR count). The van der Waals surface area contributed by atoms with Gasteiger partial charge in [0.15, 0.2) is 0 Å². The summed E-state index contributed by atoms with van der Waals surface area (Å²) in [5.41, 5.74) is 7.31. The molecule has 0 saturated heterocycles. The summed E-state index contributed by atoms with van der Waals surface area (Å²) in [5, 5.41) is 0.623. The molecule has 0 aliphatic heterocycles. The highest BCUT2D eigenvalue weighted by molar-refractivity contribution is 6.31. The Hall–Kier alpha value is -1.29. The summed E-state index contributed by atoms with van der Waals surface area (Å²) in [5.74, 6) is 0.0183. The van der Waals surface area contributed by atoms with Crippen LogP contribution in [0.2, 0.25) is 10.0 Å². The lowest BCUT2D eigenvalue weighted by Crippen LogP contribution is -2.00. The van der Waals surface area contributed by atoms with Crippen LogP contribution in [0.1, 0.15) is 11.1 Å². The van der Waals surface area contributed by atoms with Crippen LogP contribution in [-0.2, 0) is 13.2 Å². The van der Waals surface area contributed by atoms with Crippen LogP contribution >= 0.6 is 23.2 Å². The van der Waals surface area contributed by atoms with Gasteiger partial charge in [-0.1, -0.05) is 35.3 Å². The molecule has 0 atom stereocenters. The molecule has 0 aliphatic carbocycles. The molecule has 100 valence electrons. The van der Waals surface area contributed by atoms with E-state index in [2.05, 4.69) is 0 Å². The first-order valence-electron chi connectivity index (χ1n) is 5.65. The molecule has 2 aromatic carbocycles. The number of hydrogen-bond acceptors (Lipinski definition) is 2. The molecule has 0 amide bonds. The van der Waals surface area contributed by atoms with Gasteiger partial charge in [-0.25, -0.2) is 4.39 Å². The maximum absolute atomic E-state index is 13.0. The molecular formula is C14H12Cl2FNO. The summed E-state index contributed by atoms with van der Waals surface area (Å²) in [6.45, 7) is 0.722. The monoisotopic (exact) mass is 299 g/mol. The Kier molecular flexibility index (Phi) is 4.64. The van der Waals surface area contributed by atoms with Gasteiger partial charge in [0.25, 0.3) is 0 Å². The maximum Gasteiger partial charge on any atom is 0.142 e. The van der Waals surface area contributed by atoms with Crippen LogP contribution in [0.5, 0.6) is 5.75 Å². The molecule has 0 unspecified atom stereocenters. The first-order valence-corrected chi connectivity index (χ1v) is 6.41. The van der Waals surface area contributed by atoms with Gasteiger partial charge in [0.05, 0.1) is 5.02 Å². The van der Waals surface area contributed by atoms with E-state index in [9.17, 15) is 4.39 Å². The topological polar surface area (TPSA) is 35.2 Å². The van der Waals surface area contributed by atoms with Gasteiger partial charge in [-0.15, -0.1) is 0 Å². The van der Waals surface area contributed by atoms with E-state index >= 15 is 0 Å². The van der Waals surface area contributed by atoms with E-state index < -0.39 is 5.82 Å². The lowest BCUT2D eigenvalue weighted by molar-refractivity contribution is 0.306. The predicted molar refractivity (Wildman–Crippen MR) is 75.1 cm³/mol. The van der Waals surface area contributed by atoms with Crippen molar-refractivity contribution in [2.24, 2.45) is 5.73 Å². The van der Waals surface area contributed by atoms with E-state index in [-0.39, 0.29) is 11.6 Å². The minimum absolute atomic E-state index is 0.0297. The van der Waals surface area contributed by atoms with Gasteiger partial charge >= 0.3 is 0 Å². The average molecular weight is 300 g/mol. The molecule has 0 aliphatic rings. The van der Waals surface area contributed by atoms with Gasteiger partial charge in [-0.3, -0.25) is 0 Å². The second-order valence-electron chi connectivity index (χ2n) is 3.99. The number of nitrogens with two attached hydrogens (primary N) is 1. The fourth-order valence-corrected chi connectivity index (χ4v) is 1.99. The fourth-order valence-electron chi connectivity index (χ4n) is 1.56. The minimum atomic E-state index is -0.473. The highest BCUT2D eigenvalue weighted by Crippen LogP contribution is 2.24. The second-order valence-corrected chi connectivity index (χ2v) is 4.81. The Labute approximate surface area is 120 Å². The number of ether oxygens (including phenoxy) is 1. The molecule has 2 N–H and O–H groups in total. The van der Waals surface area contributed by atoms with Crippen molar-refractivity contribution >= 4 is 23.2 Å². The van der Waals surface area contributed by atoms with Crippen molar-refractivity contribution in [3.63, 3.8) is 0 Å². The Bertz CT molecular complexity index is 590. The lowest BCUT2D eigenvalue weighted by atomic mass is 10.1. The lowest BCUT2D eigenvalue weighted by Gasteiger charge is -2.09. The third-order valence-electron chi connectivity index (χ3n) is 2.64. The summed E-state index contributed by atoms with van der Waals surface area (Å²) in [6, 6.07) is 9.76. The Morgan fingerprint density at radius 2 is 1.84 bits per heavy atom. The first kappa shape index (κ1) is 14.1. The van der Waals surface area contributed by atoms with Crippen LogP contribution in [0.4, 0.5) is 4.39 Å². The third kappa shape index (κ3) is 3.60. The van der Waals surface area contributed by atoms with Crippen molar-refractivity contribution in [2.45, 2.75) is 13.2 Å². The molecule has 19 heavy (non-hydrogen) atoms. The van der Waals surface area contributed by atoms with E-state index in [1.807, 2.05) is 12.1 Å². The molecule has 2 nitrogen and oxygen atoms in total. The molecule has 5 heteroatoms. The molecule has 0 saturated carbocycles. The zero-order valence-corrected chi connectivity index (χ0v) is 11.5. The van der Waals surface area contributed by atoms with Crippen LogP contribution in [0, 0.1) is 5.82 Å². The number of halogens is 3. The number of rotatable bonds is 4. The van der Waals surface area contributed by atoms with Gasteiger partial charge in [-0.2, -0.15) is 0 Å². The van der Waals surface area contributed by atoms with Gasteiger partial charge < -0.3 is 10.5 Å². The van der Waals surface area contributed by atoms with Gasteiger partial charge in [0.1, 0.15) is 18.2 Å². The fraction of sp³-hybridized carbons (Fsp3) is 0.143. The van der Waals surface area contributed by atoms with Crippen LogP contribution in [0.25, 0.3) is 0 Å². The average Bonchev–Trinajstić information content (AvgIpc) is 2.41. The molecule has 0 spiro atoms. The minimum Gasteiger partial charge on any atom is -0.489 e. The van der Waals surface area contributed by atoms with Crippen molar-refractivity contribution in [3.05, 3.63) is 63.4 Å². The highest BCUT2D eigenvalue weighted by atomic mass is 35.5. The van der Waals surface area contributed by atoms with Crippen molar-refractivity contribution < 1.29 is 9.13 Å². The molecule has 0 fully saturated rings. The van der Waals surface area contributed by atoms with E-state index in [1.54, 1.807) is 6.07 Å². The molecule has 0 aromatic heterocycles. The summed E-state index contributed by atoms with van der Waals surface area (Å²) in [4.78, 5) is 0. The van der Waals surface area contributed by atoms with Crippen molar-refractivity contribution in [1.29, 1.82) is 0 Å². The van der Waals surface area contributed by atoms with Crippen LogP contribution in [-0.4, -0.2) is 0 Å². The third-order valence-corrected chi connectivity index (χ3v) is 3.28. The molecule has 2 aromatic rings. The highest BCUT2D eigenvalue weighted by Gasteiger charge is 2.05. The largest absolute Gasteiger partial charge is 0.489 e. The number of benzene rings is 2. The Morgan fingerprint density at radius 1 is 1.05 bits per heavy atom. The molecule has 0 heterocycles. The summed E-state index contributed by atoms with van der Waals surface area (Å²) < 4.78 is 18.5. The molecular weight excluding hydrogens is 288 g/mol. The van der Waals surface area contributed by atoms with Gasteiger partial charge in [0.2, 0.25) is 0 Å². The molecule has 0 bridgehead atoms. The zero-order chi connectivity index (χ0) is 13.8. The second kappa shape index (κ2) is 6.24. The van der Waals surface area contributed by atoms with E-state index in [1.165, 1.54) is 18.2 Å². The van der Waals surface area contributed by atoms with Crippen LogP contribution in [0.3, 0.4) is 0 Å². The van der Waals surface area contributed by atoms with E-state index in [0.29, 0.717) is 17.3 Å². The van der Waals surface area contributed by atoms with E-state index in [0.717, 1.165) is 11.1 Å². The summed E-state index contributed by atoms with van der Waals surface area (Å²) >= 11 is 11.8. The van der Waals surface area contributed by atoms with Crippen LogP contribution < -0.4 is 10.5 Å².